The van der Waals surface area contributed by atoms with E-state index in [1.54, 1.807) is 17.1 Å². The molecule has 4 nitrogen and oxygen atoms in total. The molecule has 29 heavy (non-hydrogen) atoms. The molecule has 0 aromatic heterocycles. The first-order valence-corrected chi connectivity index (χ1v) is 9.50. The van der Waals surface area contributed by atoms with Crippen molar-refractivity contribution in [2.24, 2.45) is 0 Å². The van der Waals surface area contributed by atoms with Crippen molar-refractivity contribution in [3.05, 3.63) is 113 Å². The molecule has 3 rings (SSSR count). The molecule has 0 saturated carbocycles. The van der Waals surface area contributed by atoms with Crippen LogP contribution in [0.2, 0.25) is 0 Å². The molecule has 0 fully saturated rings. The number of esters is 1. The number of cyclic esters (lactones) is 1. The van der Waals surface area contributed by atoms with Crippen LogP contribution in [-0.2, 0) is 20.9 Å². The second-order valence-electron chi connectivity index (χ2n) is 6.53. The van der Waals surface area contributed by atoms with Crippen LogP contribution in [0.25, 0.3) is 0 Å². The summed E-state index contributed by atoms with van der Waals surface area (Å²) in [5, 5.41) is 0. The van der Waals surface area contributed by atoms with Crippen LogP contribution in [0.1, 0.15) is 25.8 Å². The Hall–Kier alpha value is -3.62. The molecule has 0 radical (unpaired) electrons. The summed E-state index contributed by atoms with van der Waals surface area (Å²) in [6.07, 6.45) is 11.1. The Morgan fingerprint density at radius 2 is 1.90 bits per heavy atom. The summed E-state index contributed by atoms with van der Waals surface area (Å²) in [6.45, 7) is 7.84. The fraction of sp³-hybridized carbons (Fsp3) is 0.160. The molecule has 146 valence electrons. The summed E-state index contributed by atoms with van der Waals surface area (Å²) < 4.78 is 5.40. The Labute approximate surface area is 171 Å². The molecule has 0 unspecified atom stereocenters. The minimum absolute atomic E-state index is 0.239. The highest BCUT2D eigenvalue weighted by Crippen LogP contribution is 2.42. The third-order valence-electron chi connectivity index (χ3n) is 4.54. The molecule has 4 heteroatoms. The summed E-state index contributed by atoms with van der Waals surface area (Å²) >= 11 is 0. The van der Waals surface area contributed by atoms with Crippen LogP contribution in [0.5, 0.6) is 0 Å². The zero-order valence-corrected chi connectivity index (χ0v) is 16.6. The zero-order chi connectivity index (χ0) is 20.8. The van der Waals surface area contributed by atoms with Gasteiger partial charge in [-0.1, -0.05) is 54.6 Å². The lowest BCUT2D eigenvalue weighted by Crippen LogP contribution is -2.27. The van der Waals surface area contributed by atoms with Gasteiger partial charge >= 0.3 is 5.97 Å². The lowest BCUT2D eigenvalue weighted by Gasteiger charge is -2.21. The van der Waals surface area contributed by atoms with E-state index in [4.69, 9.17) is 4.74 Å². The molecule has 0 bridgehead atoms. The number of ether oxygens (including phenoxy) is 1. The van der Waals surface area contributed by atoms with E-state index in [0.717, 1.165) is 5.56 Å². The third kappa shape index (κ3) is 3.98. The highest BCUT2D eigenvalue weighted by molar-refractivity contribution is 6.17. The summed E-state index contributed by atoms with van der Waals surface area (Å²) in [5.41, 5.74) is 5.97. The van der Waals surface area contributed by atoms with Crippen LogP contribution in [0, 0.1) is 0 Å². The number of hydrogen-bond acceptors (Lipinski definition) is 3. The summed E-state index contributed by atoms with van der Waals surface area (Å²) in [7, 11) is 0. The molecule has 1 aromatic rings. The fourth-order valence-corrected chi connectivity index (χ4v) is 3.34. The Balaban J connectivity index is 2.22. The average molecular weight is 385 g/mol. The Bertz CT molecular complexity index is 1030. The quantitative estimate of drug-likeness (QED) is 0.290. The predicted molar refractivity (Wildman–Crippen MR) is 113 cm³/mol. The number of carbonyl (C=O) groups is 2. The van der Waals surface area contributed by atoms with Crippen LogP contribution in [-0.4, -0.2) is 16.8 Å². The van der Waals surface area contributed by atoms with Crippen molar-refractivity contribution in [3.63, 3.8) is 0 Å². The van der Waals surface area contributed by atoms with Crippen molar-refractivity contribution in [3.8, 4) is 0 Å². The predicted octanol–water partition coefficient (Wildman–Crippen LogP) is 4.90. The van der Waals surface area contributed by atoms with Gasteiger partial charge in [0.2, 0.25) is 0 Å². The van der Waals surface area contributed by atoms with Gasteiger partial charge in [-0.15, -0.1) is 12.3 Å². The van der Waals surface area contributed by atoms with Crippen LogP contribution >= 0.6 is 0 Å². The highest BCUT2D eigenvalue weighted by Gasteiger charge is 2.46. The second-order valence-corrected chi connectivity index (χ2v) is 6.53. The normalized spacial score (nSPS) is 16.0. The smallest absolute Gasteiger partial charge is 0.346 e. The summed E-state index contributed by atoms with van der Waals surface area (Å²) in [6, 6.07) is 9.69. The number of rotatable bonds is 7. The molecule has 0 spiro atoms. The minimum Gasteiger partial charge on any atom is -0.426 e. The number of allylic oxidation sites excluding steroid dienone is 5. The van der Waals surface area contributed by atoms with Gasteiger partial charge in [-0.25, -0.2) is 4.79 Å². The minimum atomic E-state index is -0.509. The van der Waals surface area contributed by atoms with Gasteiger partial charge in [0, 0.05) is 12.0 Å². The summed E-state index contributed by atoms with van der Waals surface area (Å²) in [4.78, 5) is 27.7. The maximum Gasteiger partial charge on any atom is 0.346 e. The molecule has 1 aromatic carbocycles. The van der Waals surface area contributed by atoms with Gasteiger partial charge in [-0.2, -0.15) is 0 Å². The maximum atomic E-state index is 13.3. The van der Waals surface area contributed by atoms with E-state index < -0.39 is 5.97 Å². The van der Waals surface area contributed by atoms with E-state index in [0.29, 0.717) is 41.1 Å². The maximum absolute atomic E-state index is 13.3. The van der Waals surface area contributed by atoms with E-state index >= 15 is 0 Å². The highest BCUT2D eigenvalue weighted by atomic mass is 16.5. The van der Waals surface area contributed by atoms with Gasteiger partial charge < -0.3 is 9.64 Å². The van der Waals surface area contributed by atoms with Gasteiger partial charge in [0.1, 0.15) is 11.3 Å². The van der Waals surface area contributed by atoms with Crippen LogP contribution in [0.4, 0.5) is 0 Å². The van der Waals surface area contributed by atoms with E-state index in [1.807, 2.05) is 68.5 Å². The Morgan fingerprint density at radius 3 is 2.55 bits per heavy atom. The van der Waals surface area contributed by atoms with Gasteiger partial charge in [0.05, 0.1) is 17.8 Å². The fourth-order valence-electron chi connectivity index (χ4n) is 3.34. The molecular formula is C25H23NO3. The largest absolute Gasteiger partial charge is 0.426 e. The molecule has 2 heterocycles. The number of hydrogen-bond donors (Lipinski definition) is 0. The molecule has 0 aliphatic carbocycles. The van der Waals surface area contributed by atoms with Crippen molar-refractivity contribution < 1.29 is 14.3 Å². The van der Waals surface area contributed by atoms with E-state index in [1.165, 1.54) is 0 Å². The Kier molecular flexibility index (Phi) is 6.28. The number of amides is 1. The van der Waals surface area contributed by atoms with Gasteiger partial charge in [0.15, 0.2) is 0 Å². The first-order valence-electron chi connectivity index (χ1n) is 9.50. The van der Waals surface area contributed by atoms with Crippen LogP contribution in [0.15, 0.2) is 107 Å². The number of carbonyl (C=O) groups excluding carboxylic acids is 2. The second kappa shape index (κ2) is 9.05. The number of nitrogens with zero attached hydrogens (tertiary/aromatic N) is 1. The lowest BCUT2D eigenvalue weighted by molar-refractivity contribution is -0.133. The number of benzene rings is 1. The molecule has 2 aliphatic rings. The third-order valence-corrected chi connectivity index (χ3v) is 4.54. The van der Waals surface area contributed by atoms with Gasteiger partial charge in [-0.05, 0) is 31.6 Å². The van der Waals surface area contributed by atoms with Crippen molar-refractivity contribution >= 4 is 11.9 Å². The molecular weight excluding hydrogens is 362 g/mol. The average Bonchev–Trinajstić information content (AvgIpc) is 3.18. The molecule has 0 N–H and O–H groups in total. The Morgan fingerprint density at radius 1 is 1.14 bits per heavy atom. The van der Waals surface area contributed by atoms with E-state index in [2.05, 4.69) is 12.3 Å². The molecule has 2 aliphatic heterocycles. The van der Waals surface area contributed by atoms with Gasteiger partial charge in [0.25, 0.3) is 5.91 Å². The van der Waals surface area contributed by atoms with Crippen molar-refractivity contribution in [1.82, 2.24) is 4.90 Å². The molecule has 0 saturated heterocycles. The molecule has 1 amide bonds. The first kappa shape index (κ1) is 20.1. The zero-order valence-electron chi connectivity index (χ0n) is 16.6. The number of fused-ring (bicyclic) bond motifs is 1. The van der Waals surface area contributed by atoms with E-state index in [9.17, 15) is 9.59 Å². The topological polar surface area (TPSA) is 46.6 Å². The van der Waals surface area contributed by atoms with E-state index in [-0.39, 0.29) is 5.91 Å². The van der Waals surface area contributed by atoms with Crippen molar-refractivity contribution in [2.45, 2.75) is 26.8 Å². The SMILES string of the molecule is C=CCC1=C2C(=O)N(Cc3ccccc3)C(C(=C=C/C=C\C)/C=C\C)=C2C(=O)O1. The van der Waals surface area contributed by atoms with Gasteiger partial charge in [-0.3, -0.25) is 4.79 Å². The van der Waals surface area contributed by atoms with Crippen molar-refractivity contribution in [2.75, 3.05) is 0 Å². The molecule has 0 atom stereocenters. The van der Waals surface area contributed by atoms with Crippen LogP contribution < -0.4 is 0 Å². The lowest BCUT2D eigenvalue weighted by atomic mass is 10.0. The van der Waals surface area contributed by atoms with Crippen molar-refractivity contribution in [1.29, 1.82) is 0 Å². The van der Waals surface area contributed by atoms with Crippen LogP contribution in [0.3, 0.4) is 0 Å². The monoisotopic (exact) mass is 385 g/mol. The first-order chi connectivity index (χ1) is 14.1. The summed E-state index contributed by atoms with van der Waals surface area (Å²) in [5.74, 6) is -0.391. The standard InChI is InChI=1S/C25H23NO3/c1-4-7-9-16-19(12-5-2)23-22-21(20(13-6-3)29-25(22)28)24(27)26(23)17-18-14-10-8-11-15-18/h4-12,14-15H,3,13,17H2,1-2H3/b7-4-,12-5-.